The molecule has 6 aromatic rings. The number of nitrogens with zero attached hydrogens (tertiary/aromatic N) is 2. The second-order valence-corrected chi connectivity index (χ2v) is 24.3. The lowest BCUT2D eigenvalue weighted by Gasteiger charge is -2.41. The van der Waals surface area contributed by atoms with Crippen molar-refractivity contribution in [1.29, 1.82) is 0 Å². The van der Waals surface area contributed by atoms with Gasteiger partial charge >= 0.3 is 0 Å². The van der Waals surface area contributed by atoms with Crippen molar-refractivity contribution in [2.75, 3.05) is 11.1 Å². The molecule has 8 unspecified atom stereocenters. The second-order valence-electron chi connectivity index (χ2n) is 23.0. The number of nitrogens with two attached hydrogens (primary N) is 1. The van der Waals surface area contributed by atoms with Crippen LogP contribution >= 0.6 is 34.8 Å². The molecule has 8 atom stereocenters. The molecule has 1 amide bonds. The molecule has 7 N–H and O–H groups in total. The van der Waals surface area contributed by atoms with E-state index in [0.717, 1.165) is 105 Å². The number of rotatable bonds is 19. The number of aromatic amines is 2. The van der Waals surface area contributed by atoms with Gasteiger partial charge in [-0.05, 0) is 146 Å². The van der Waals surface area contributed by atoms with Crippen LogP contribution in [-0.2, 0) is 19.4 Å². The van der Waals surface area contributed by atoms with Crippen LogP contribution in [0.4, 0.5) is 11.6 Å². The van der Waals surface area contributed by atoms with Crippen LogP contribution in [0.25, 0.3) is 33.5 Å². The van der Waals surface area contributed by atoms with E-state index in [-0.39, 0.29) is 51.8 Å². The molecule has 17 heteroatoms. The van der Waals surface area contributed by atoms with E-state index in [9.17, 15) is 29.7 Å². The van der Waals surface area contributed by atoms with Gasteiger partial charge in [-0.25, -0.2) is 9.78 Å². The zero-order valence-corrected chi connectivity index (χ0v) is 50.1. The van der Waals surface area contributed by atoms with Crippen LogP contribution in [0, 0.1) is 59.2 Å². The van der Waals surface area contributed by atoms with Gasteiger partial charge in [0.25, 0.3) is 11.1 Å². The van der Waals surface area contributed by atoms with Crippen LogP contribution in [0.1, 0.15) is 170 Å². The molecule has 2 fully saturated rings. The number of nitrogens with one attached hydrogen (secondary N) is 3. The van der Waals surface area contributed by atoms with E-state index in [4.69, 9.17) is 50.3 Å². The molecule has 4 aromatic heterocycles. The fraction of sp³-hybridized carbons (Fsp3) is 0.548. The average molecular weight is 1150 g/mol. The number of amides is 1. The fourth-order valence-electron chi connectivity index (χ4n) is 13.2. The predicted octanol–water partition coefficient (Wildman–Crippen LogP) is 16.3. The highest BCUT2D eigenvalue weighted by Gasteiger charge is 2.42. The van der Waals surface area contributed by atoms with E-state index < -0.39 is 12.2 Å². The maximum atomic E-state index is 13.4. The molecular weight excluding hydrogens is 1060 g/mol. The Bertz CT molecular complexity index is 3040. The SMILES string of the molecule is CC1CC(C)C(C(OO)c2c(-c3ccc(Cl)cc3)cn3c(=O)cc(N)[nH]c23)C(C)C1.CCCCC(CC)C(=O)Cl.CCCCC(CC)C(=O)Nc1cc(=O)n2cc(-c3ccc(Cl)cc3)c(C(OO)C3C(C)CC(C)CC3C)c2[nH]1. The summed E-state index contributed by atoms with van der Waals surface area (Å²) in [6.07, 6.45) is 14.1. The molecule has 0 saturated heterocycles. The van der Waals surface area contributed by atoms with E-state index in [1.807, 2.05) is 50.2 Å². The normalized spacial score (nSPS) is 22.7. The highest BCUT2D eigenvalue weighted by molar-refractivity contribution is 6.63. The van der Waals surface area contributed by atoms with Crippen molar-refractivity contribution in [3.05, 3.63) is 115 Å². The van der Waals surface area contributed by atoms with Crippen molar-refractivity contribution in [2.24, 2.45) is 59.2 Å². The molecule has 2 aliphatic rings. The van der Waals surface area contributed by atoms with E-state index in [2.05, 4.69) is 70.7 Å². The van der Waals surface area contributed by atoms with Crippen molar-refractivity contribution >= 4 is 68.9 Å². The van der Waals surface area contributed by atoms with Crippen LogP contribution in [0.2, 0.25) is 10.0 Å². The third-order valence-electron chi connectivity index (χ3n) is 16.9. The molecule has 2 aliphatic carbocycles. The number of carbonyl (C=O) groups is 2. The number of hydrogen-bond donors (Lipinski definition) is 6. The molecule has 0 spiro atoms. The molecule has 0 radical (unpaired) electrons. The predicted molar refractivity (Wildman–Crippen MR) is 321 cm³/mol. The van der Waals surface area contributed by atoms with Crippen LogP contribution in [-0.4, -0.2) is 40.4 Å². The summed E-state index contributed by atoms with van der Waals surface area (Å²) < 4.78 is 3.07. The Morgan fingerprint density at radius 3 is 1.42 bits per heavy atom. The lowest BCUT2D eigenvalue weighted by molar-refractivity contribution is -0.302. The first kappa shape index (κ1) is 63.3. The summed E-state index contributed by atoms with van der Waals surface area (Å²) in [4.78, 5) is 66.7. The molecule has 0 bridgehead atoms. The number of unbranched alkanes of at least 4 members (excludes halogenated alkanes) is 2. The Hall–Kier alpha value is -4.93. The van der Waals surface area contributed by atoms with Crippen LogP contribution in [0.15, 0.2) is 82.6 Å². The number of H-pyrrole nitrogens is 2. The molecule has 2 saturated carbocycles. The first-order valence-electron chi connectivity index (χ1n) is 28.6. The molecular formula is C62H85Cl3N6O8. The van der Waals surface area contributed by atoms with E-state index in [1.165, 1.54) is 20.9 Å². The largest absolute Gasteiger partial charge is 0.385 e. The number of anilines is 2. The fourth-order valence-corrected chi connectivity index (χ4v) is 13.7. The van der Waals surface area contributed by atoms with Gasteiger partial charge in [0.05, 0.1) is 0 Å². The summed E-state index contributed by atoms with van der Waals surface area (Å²) in [5.74, 6) is 3.11. The maximum Gasteiger partial charge on any atom is 0.259 e. The lowest BCUT2D eigenvalue weighted by atomic mass is 9.66. The number of nitrogen functional groups attached to an aromatic ring is 1. The van der Waals surface area contributed by atoms with Gasteiger partial charge in [0, 0.05) is 68.7 Å². The summed E-state index contributed by atoms with van der Waals surface area (Å²) in [7, 11) is 0. The molecule has 0 aliphatic heterocycles. The third kappa shape index (κ3) is 15.3. The lowest BCUT2D eigenvalue weighted by Crippen LogP contribution is -2.34. The Morgan fingerprint density at radius 2 is 1.04 bits per heavy atom. The number of carbonyl (C=O) groups excluding carboxylic acids is 2. The van der Waals surface area contributed by atoms with Crippen LogP contribution in [0.3, 0.4) is 0 Å². The summed E-state index contributed by atoms with van der Waals surface area (Å²) in [5.41, 5.74) is 11.2. The molecule has 4 heterocycles. The topological polar surface area (TPSA) is 206 Å². The maximum absolute atomic E-state index is 13.4. The number of fused-ring (bicyclic) bond motifs is 2. The zero-order chi connectivity index (χ0) is 57.8. The van der Waals surface area contributed by atoms with Crippen molar-refractivity contribution in [2.45, 2.75) is 158 Å². The zero-order valence-electron chi connectivity index (χ0n) is 47.8. The van der Waals surface area contributed by atoms with Gasteiger partial charge in [-0.15, -0.1) is 0 Å². The molecule has 79 heavy (non-hydrogen) atoms. The van der Waals surface area contributed by atoms with Gasteiger partial charge in [0.2, 0.25) is 11.1 Å². The van der Waals surface area contributed by atoms with Gasteiger partial charge in [-0.2, -0.15) is 0 Å². The second kappa shape index (κ2) is 29.2. The molecule has 8 rings (SSSR count). The monoisotopic (exact) mass is 1150 g/mol. The minimum Gasteiger partial charge on any atom is -0.385 e. The number of aromatic nitrogens is 4. The highest BCUT2D eigenvalue weighted by Crippen LogP contribution is 2.50. The van der Waals surface area contributed by atoms with Gasteiger partial charge in [0.1, 0.15) is 35.1 Å². The van der Waals surface area contributed by atoms with E-state index in [1.54, 1.807) is 24.5 Å². The van der Waals surface area contributed by atoms with Crippen molar-refractivity contribution < 1.29 is 29.9 Å². The molecule has 14 nitrogen and oxygen atoms in total. The quantitative estimate of drug-likeness (QED) is 0.0259. The first-order valence-corrected chi connectivity index (χ1v) is 29.8. The number of benzene rings is 2. The average Bonchev–Trinajstić information content (AvgIpc) is 4.16. The van der Waals surface area contributed by atoms with E-state index in [0.29, 0.717) is 68.2 Å². The van der Waals surface area contributed by atoms with Gasteiger partial charge < -0.3 is 21.0 Å². The van der Waals surface area contributed by atoms with E-state index >= 15 is 0 Å². The number of halogens is 3. The summed E-state index contributed by atoms with van der Waals surface area (Å²) in [6, 6.07) is 17.6. The van der Waals surface area contributed by atoms with Crippen molar-refractivity contribution in [3.8, 4) is 22.3 Å². The smallest absolute Gasteiger partial charge is 0.259 e. The Kier molecular flexibility index (Phi) is 23.4. The first-order chi connectivity index (χ1) is 37.7. The highest BCUT2D eigenvalue weighted by atomic mass is 35.5. The van der Waals surface area contributed by atoms with Crippen LogP contribution in [0.5, 0.6) is 0 Å². The summed E-state index contributed by atoms with van der Waals surface area (Å²) >= 11 is 17.6. The number of hydrogen-bond acceptors (Lipinski definition) is 9. The van der Waals surface area contributed by atoms with Crippen molar-refractivity contribution in [1.82, 2.24) is 18.8 Å². The van der Waals surface area contributed by atoms with Crippen molar-refractivity contribution in [3.63, 3.8) is 0 Å². The van der Waals surface area contributed by atoms with Gasteiger partial charge in [-0.1, -0.05) is 142 Å². The van der Waals surface area contributed by atoms with Gasteiger partial charge in [0.15, 0.2) is 0 Å². The minimum absolute atomic E-state index is 0.0312. The molecule has 432 valence electrons. The Labute approximate surface area is 481 Å². The summed E-state index contributed by atoms with van der Waals surface area (Å²) in [6.45, 7) is 21.6. The van der Waals surface area contributed by atoms with Gasteiger partial charge in [-0.3, -0.25) is 38.5 Å². The van der Waals surface area contributed by atoms with Crippen LogP contribution < -0.4 is 22.2 Å². The standard InChI is InChI=1S/C31H42ClN3O4.C23H28ClN3O3.C8H15ClO/c1-6-8-9-21(7-2)31(37)34-25-16-26(36)35-17-24(22-10-12-23(32)13-11-22)28(30(35)33-25)29(39-38)27-19(4)14-18(3)15-20(27)5;1-12-8-13(2)20(14(3)9-12)22(30-29)21-17(15-4-6-16(24)7-5-15)11-27-19(28)10-18(25)26-23(21)27;1-3-5-6-7(4-2)8(9)10/h10-13,16-21,27,29,33,38H,6-9,14-15H2,1-5H3,(H,34,37);4-7,10-14,20,22,26,29H,8-9,25H2,1-3H3;7H,3-6H2,1-2H3. The minimum atomic E-state index is -0.673. The Balaban J connectivity index is 0.000000222. The molecule has 2 aromatic carbocycles. The Morgan fingerprint density at radius 1 is 0.646 bits per heavy atom. The third-order valence-corrected chi connectivity index (χ3v) is 17.7. The summed E-state index contributed by atoms with van der Waals surface area (Å²) in [5, 5.41) is 24.5.